The summed E-state index contributed by atoms with van der Waals surface area (Å²) in [5.74, 6) is -7.85. The van der Waals surface area contributed by atoms with Crippen molar-refractivity contribution in [3.8, 4) is 0 Å². The maximum absolute atomic E-state index is 13.8. The van der Waals surface area contributed by atoms with E-state index in [-0.39, 0.29) is 25.1 Å². The number of carbonyl (C=O) groups excluding carboxylic acids is 1. The molecule has 156 valence electrons. The molecule has 0 spiro atoms. The van der Waals surface area contributed by atoms with Crippen LogP contribution in [-0.2, 0) is 12.6 Å². The Labute approximate surface area is 161 Å². The summed E-state index contributed by atoms with van der Waals surface area (Å²) in [7, 11) is 0. The van der Waals surface area contributed by atoms with E-state index in [0.29, 0.717) is 24.8 Å². The molecule has 0 aliphatic carbocycles. The molecule has 1 aliphatic heterocycles. The second-order valence-electron chi connectivity index (χ2n) is 6.98. The lowest BCUT2D eigenvalue weighted by Crippen LogP contribution is -2.40. The zero-order valence-electron chi connectivity index (χ0n) is 15.0. The van der Waals surface area contributed by atoms with E-state index in [0.717, 1.165) is 17.0 Å². The van der Waals surface area contributed by atoms with Gasteiger partial charge < -0.3 is 4.90 Å². The van der Waals surface area contributed by atoms with Crippen molar-refractivity contribution in [2.75, 3.05) is 13.1 Å². The number of hydrogen-bond donors (Lipinski definition) is 0. The first-order chi connectivity index (χ1) is 13.6. The van der Waals surface area contributed by atoms with Gasteiger partial charge in [-0.1, -0.05) is 12.1 Å². The molecule has 29 heavy (non-hydrogen) atoms. The molecule has 0 N–H and O–H groups in total. The van der Waals surface area contributed by atoms with Crippen molar-refractivity contribution < 1.29 is 35.5 Å². The molecule has 0 saturated carbocycles. The van der Waals surface area contributed by atoms with Gasteiger partial charge in [0.05, 0.1) is 5.56 Å². The zero-order chi connectivity index (χ0) is 21.3. The molecular weight excluding hydrogens is 403 g/mol. The van der Waals surface area contributed by atoms with Crippen molar-refractivity contribution in [2.45, 2.75) is 25.4 Å². The van der Waals surface area contributed by atoms with Crippen LogP contribution in [0, 0.1) is 29.2 Å². The Kier molecular flexibility index (Phi) is 5.86. The first kappa shape index (κ1) is 21.1. The van der Waals surface area contributed by atoms with Crippen LogP contribution in [0.5, 0.6) is 0 Å². The molecule has 2 nitrogen and oxygen atoms in total. The summed E-state index contributed by atoms with van der Waals surface area (Å²) < 4.78 is 92.1. The second-order valence-corrected chi connectivity index (χ2v) is 6.98. The summed E-state index contributed by atoms with van der Waals surface area (Å²) in [6.45, 7) is 0.224. The number of rotatable bonds is 3. The molecule has 9 heteroatoms. The number of likely N-dealkylation sites (tertiary alicyclic amines) is 1. The van der Waals surface area contributed by atoms with Crippen LogP contribution in [0.25, 0.3) is 0 Å². The van der Waals surface area contributed by atoms with Crippen LogP contribution in [0.4, 0.5) is 30.7 Å². The molecule has 1 aliphatic rings. The average Bonchev–Trinajstić information content (AvgIpc) is 2.67. The topological polar surface area (TPSA) is 20.3 Å². The molecule has 1 heterocycles. The summed E-state index contributed by atoms with van der Waals surface area (Å²) in [4.78, 5) is 13.5. The summed E-state index contributed by atoms with van der Waals surface area (Å²) >= 11 is 0. The van der Waals surface area contributed by atoms with Gasteiger partial charge in [0.15, 0.2) is 23.3 Å². The Balaban J connectivity index is 1.63. The fourth-order valence-electron chi connectivity index (χ4n) is 3.42. The predicted molar refractivity (Wildman–Crippen MR) is 90.0 cm³/mol. The van der Waals surface area contributed by atoms with E-state index in [1.54, 1.807) is 0 Å². The number of benzene rings is 2. The standard InChI is InChI=1S/C20H16F7NO/c21-14-10-15(22)18(24)16(17(14)23)19(29)28-7-5-12(6-8-28)9-11-1-3-13(4-2-11)20(25,26)27/h1-4,10,12H,5-9H2. The third-order valence-corrected chi connectivity index (χ3v) is 5.03. The normalized spacial score (nSPS) is 15.6. The monoisotopic (exact) mass is 419 g/mol. The van der Waals surface area contributed by atoms with Gasteiger partial charge in [-0.3, -0.25) is 4.79 Å². The highest BCUT2D eigenvalue weighted by Gasteiger charge is 2.32. The van der Waals surface area contributed by atoms with Crippen molar-refractivity contribution >= 4 is 5.91 Å². The number of piperidine rings is 1. The molecule has 1 fully saturated rings. The van der Waals surface area contributed by atoms with Gasteiger partial charge in [-0.25, -0.2) is 17.6 Å². The molecular formula is C20H16F7NO. The average molecular weight is 419 g/mol. The van der Waals surface area contributed by atoms with Crippen molar-refractivity contribution in [1.29, 1.82) is 0 Å². The Bertz CT molecular complexity index is 874. The number of alkyl halides is 3. The smallest absolute Gasteiger partial charge is 0.338 e. The van der Waals surface area contributed by atoms with Gasteiger partial charge in [0.2, 0.25) is 0 Å². The molecule has 0 bridgehead atoms. The molecule has 2 aromatic carbocycles. The van der Waals surface area contributed by atoms with Gasteiger partial charge in [-0.2, -0.15) is 13.2 Å². The van der Waals surface area contributed by atoms with Gasteiger partial charge in [-0.15, -0.1) is 0 Å². The van der Waals surface area contributed by atoms with Crippen LogP contribution in [0.15, 0.2) is 30.3 Å². The molecule has 0 atom stereocenters. The molecule has 0 aromatic heterocycles. The fourth-order valence-corrected chi connectivity index (χ4v) is 3.42. The van der Waals surface area contributed by atoms with Gasteiger partial charge in [0.1, 0.15) is 5.56 Å². The van der Waals surface area contributed by atoms with Crippen molar-refractivity contribution in [1.82, 2.24) is 4.90 Å². The first-order valence-electron chi connectivity index (χ1n) is 8.86. The number of hydrogen-bond acceptors (Lipinski definition) is 1. The van der Waals surface area contributed by atoms with Gasteiger partial charge in [0, 0.05) is 19.2 Å². The quantitative estimate of drug-likeness (QED) is 0.485. The van der Waals surface area contributed by atoms with E-state index in [1.807, 2.05) is 0 Å². The zero-order valence-corrected chi connectivity index (χ0v) is 15.0. The number of amides is 1. The lowest BCUT2D eigenvalue weighted by Gasteiger charge is -2.32. The Morgan fingerprint density at radius 1 is 0.931 bits per heavy atom. The van der Waals surface area contributed by atoms with Gasteiger partial charge in [-0.05, 0) is 42.9 Å². The molecule has 0 radical (unpaired) electrons. The molecule has 0 unspecified atom stereocenters. The molecule has 3 rings (SSSR count). The van der Waals surface area contributed by atoms with E-state index in [2.05, 4.69) is 0 Å². The van der Waals surface area contributed by atoms with E-state index in [9.17, 15) is 35.5 Å². The Hall–Kier alpha value is -2.58. The highest BCUT2D eigenvalue weighted by Crippen LogP contribution is 2.30. The van der Waals surface area contributed by atoms with Crippen LogP contribution in [0.1, 0.15) is 34.3 Å². The van der Waals surface area contributed by atoms with E-state index >= 15 is 0 Å². The number of nitrogens with zero attached hydrogens (tertiary/aromatic N) is 1. The summed E-state index contributed by atoms with van der Waals surface area (Å²) in [5.41, 5.74) is -1.30. The highest BCUT2D eigenvalue weighted by atomic mass is 19.4. The predicted octanol–water partition coefficient (Wildman–Crippen LogP) is 5.36. The molecule has 1 saturated heterocycles. The lowest BCUT2D eigenvalue weighted by atomic mass is 9.89. The van der Waals surface area contributed by atoms with Crippen LogP contribution in [0.2, 0.25) is 0 Å². The van der Waals surface area contributed by atoms with Crippen LogP contribution >= 0.6 is 0 Å². The van der Waals surface area contributed by atoms with Crippen molar-refractivity contribution in [3.05, 3.63) is 70.3 Å². The molecule has 1 amide bonds. The van der Waals surface area contributed by atoms with Crippen LogP contribution in [0.3, 0.4) is 0 Å². The lowest BCUT2D eigenvalue weighted by molar-refractivity contribution is -0.137. The highest BCUT2D eigenvalue weighted by molar-refractivity contribution is 5.95. The maximum Gasteiger partial charge on any atom is 0.416 e. The minimum Gasteiger partial charge on any atom is -0.338 e. The van der Waals surface area contributed by atoms with E-state index in [4.69, 9.17) is 0 Å². The SMILES string of the molecule is O=C(c1c(F)c(F)cc(F)c1F)N1CCC(Cc2ccc(C(F)(F)F)cc2)CC1. The maximum atomic E-state index is 13.8. The first-order valence-corrected chi connectivity index (χ1v) is 8.86. The third-order valence-electron chi connectivity index (χ3n) is 5.03. The molecule has 2 aromatic rings. The number of halogens is 7. The number of carbonyl (C=O) groups is 1. The third kappa shape index (κ3) is 4.54. The van der Waals surface area contributed by atoms with Crippen molar-refractivity contribution in [2.24, 2.45) is 5.92 Å². The summed E-state index contributed by atoms with van der Waals surface area (Å²) in [6, 6.07) is 4.81. The van der Waals surface area contributed by atoms with Crippen LogP contribution < -0.4 is 0 Å². The fraction of sp³-hybridized carbons (Fsp3) is 0.350. The van der Waals surface area contributed by atoms with Gasteiger partial charge >= 0.3 is 6.18 Å². The largest absolute Gasteiger partial charge is 0.416 e. The Morgan fingerprint density at radius 3 is 1.93 bits per heavy atom. The minimum absolute atomic E-state index is 0.0394. The summed E-state index contributed by atoms with van der Waals surface area (Å²) in [6.07, 6.45) is -3.05. The van der Waals surface area contributed by atoms with Crippen molar-refractivity contribution in [3.63, 3.8) is 0 Å². The van der Waals surface area contributed by atoms with Gasteiger partial charge in [0.25, 0.3) is 5.91 Å². The van der Waals surface area contributed by atoms with E-state index < -0.39 is 46.5 Å². The minimum atomic E-state index is -4.41. The Morgan fingerprint density at radius 2 is 1.45 bits per heavy atom. The summed E-state index contributed by atoms with van der Waals surface area (Å²) in [5, 5.41) is 0. The van der Waals surface area contributed by atoms with E-state index in [1.165, 1.54) is 12.1 Å². The second kappa shape index (κ2) is 8.04. The van der Waals surface area contributed by atoms with Crippen LogP contribution in [-0.4, -0.2) is 23.9 Å².